The second-order valence-electron chi connectivity index (χ2n) is 5.04. The van der Waals surface area contributed by atoms with Crippen molar-refractivity contribution in [2.75, 3.05) is 7.11 Å². The van der Waals surface area contributed by atoms with Gasteiger partial charge in [0.2, 0.25) is 0 Å². The SMILES string of the molecule is COC(=O)[C@@H]1CCCC[C@H]1c1nc2ccccc2s1. The third-order valence-electron chi connectivity index (χ3n) is 3.90. The van der Waals surface area contributed by atoms with Gasteiger partial charge in [0.05, 0.1) is 28.3 Å². The molecule has 2 aromatic rings. The van der Waals surface area contributed by atoms with Gasteiger partial charge < -0.3 is 4.74 Å². The van der Waals surface area contributed by atoms with Gasteiger partial charge >= 0.3 is 5.97 Å². The van der Waals surface area contributed by atoms with Crippen LogP contribution in [0.4, 0.5) is 0 Å². The number of hydrogen-bond acceptors (Lipinski definition) is 4. The van der Waals surface area contributed by atoms with Crippen molar-refractivity contribution in [1.82, 2.24) is 4.98 Å². The maximum Gasteiger partial charge on any atom is 0.309 e. The van der Waals surface area contributed by atoms with Gasteiger partial charge in [-0.05, 0) is 25.0 Å². The first-order valence-corrected chi connectivity index (χ1v) is 7.54. The van der Waals surface area contributed by atoms with E-state index in [2.05, 4.69) is 6.07 Å². The Hall–Kier alpha value is -1.42. The minimum Gasteiger partial charge on any atom is -0.469 e. The highest BCUT2D eigenvalue weighted by atomic mass is 32.1. The molecule has 1 fully saturated rings. The van der Waals surface area contributed by atoms with E-state index in [1.165, 1.54) is 18.2 Å². The number of carbonyl (C=O) groups excluding carboxylic acids is 1. The normalized spacial score (nSPS) is 23.4. The number of rotatable bonds is 2. The van der Waals surface area contributed by atoms with Crippen LogP contribution in [0.1, 0.15) is 36.6 Å². The summed E-state index contributed by atoms with van der Waals surface area (Å²) in [5, 5.41) is 1.09. The fourth-order valence-electron chi connectivity index (χ4n) is 2.91. The fraction of sp³-hybridized carbons (Fsp3) is 0.467. The standard InChI is InChI=1S/C15H17NO2S/c1-18-15(17)11-7-3-2-6-10(11)14-16-12-8-4-5-9-13(12)19-14/h4-5,8-11H,2-3,6-7H2,1H3/t10-,11-/m1/s1. The van der Waals surface area contributed by atoms with Crippen LogP contribution in [0, 0.1) is 5.92 Å². The van der Waals surface area contributed by atoms with Gasteiger partial charge in [0.1, 0.15) is 0 Å². The molecule has 0 saturated heterocycles. The highest BCUT2D eigenvalue weighted by Crippen LogP contribution is 2.41. The average molecular weight is 275 g/mol. The summed E-state index contributed by atoms with van der Waals surface area (Å²) in [6.07, 6.45) is 4.25. The number of ether oxygens (including phenoxy) is 1. The Labute approximate surface area is 116 Å². The second kappa shape index (κ2) is 5.29. The Morgan fingerprint density at radius 1 is 1.32 bits per heavy atom. The molecule has 1 aliphatic rings. The van der Waals surface area contributed by atoms with Gasteiger partial charge in [0, 0.05) is 5.92 Å². The number of thiazole rings is 1. The number of para-hydroxylation sites is 1. The van der Waals surface area contributed by atoms with Gasteiger partial charge in [0.25, 0.3) is 0 Å². The molecule has 0 unspecified atom stereocenters. The van der Waals surface area contributed by atoms with Crippen molar-refractivity contribution >= 4 is 27.5 Å². The Balaban J connectivity index is 1.95. The molecule has 0 spiro atoms. The molecule has 0 radical (unpaired) electrons. The smallest absolute Gasteiger partial charge is 0.309 e. The van der Waals surface area contributed by atoms with Gasteiger partial charge in [-0.2, -0.15) is 0 Å². The first-order chi connectivity index (χ1) is 9.29. The van der Waals surface area contributed by atoms with Crippen LogP contribution >= 0.6 is 11.3 Å². The predicted octanol–water partition coefficient (Wildman–Crippen LogP) is 3.74. The number of esters is 1. The molecule has 2 atom stereocenters. The van der Waals surface area contributed by atoms with Crippen molar-refractivity contribution in [1.29, 1.82) is 0 Å². The summed E-state index contributed by atoms with van der Waals surface area (Å²) in [6, 6.07) is 8.16. The predicted molar refractivity (Wildman–Crippen MR) is 76.3 cm³/mol. The van der Waals surface area contributed by atoms with Gasteiger partial charge in [0.15, 0.2) is 0 Å². The van der Waals surface area contributed by atoms with Crippen LogP contribution in [0.3, 0.4) is 0 Å². The van der Waals surface area contributed by atoms with E-state index in [9.17, 15) is 4.79 Å². The van der Waals surface area contributed by atoms with Crippen molar-refractivity contribution in [2.24, 2.45) is 5.92 Å². The maximum atomic E-state index is 11.9. The van der Waals surface area contributed by atoms with Crippen LogP contribution in [0.5, 0.6) is 0 Å². The fourth-order valence-corrected chi connectivity index (χ4v) is 4.08. The molecule has 1 heterocycles. The third kappa shape index (κ3) is 2.37. The molecule has 0 N–H and O–H groups in total. The summed E-state index contributed by atoms with van der Waals surface area (Å²) in [4.78, 5) is 16.6. The number of methoxy groups -OCH3 is 1. The second-order valence-corrected chi connectivity index (χ2v) is 6.10. The van der Waals surface area contributed by atoms with Crippen LogP contribution in [0.2, 0.25) is 0 Å². The van der Waals surface area contributed by atoms with Gasteiger partial charge in [-0.1, -0.05) is 25.0 Å². The van der Waals surface area contributed by atoms with Crippen molar-refractivity contribution < 1.29 is 9.53 Å². The Bertz CT molecular complexity index is 560. The van der Waals surface area contributed by atoms with Crippen LogP contribution < -0.4 is 0 Å². The van der Waals surface area contributed by atoms with Crippen molar-refractivity contribution in [3.8, 4) is 0 Å². The third-order valence-corrected chi connectivity index (χ3v) is 5.07. The van der Waals surface area contributed by atoms with E-state index >= 15 is 0 Å². The molecule has 19 heavy (non-hydrogen) atoms. The highest BCUT2D eigenvalue weighted by molar-refractivity contribution is 7.18. The number of nitrogens with zero attached hydrogens (tertiary/aromatic N) is 1. The molecule has 0 bridgehead atoms. The zero-order valence-electron chi connectivity index (χ0n) is 11.0. The molecule has 1 aromatic heterocycles. The number of hydrogen-bond donors (Lipinski definition) is 0. The number of fused-ring (bicyclic) bond motifs is 1. The molecule has 1 saturated carbocycles. The summed E-state index contributed by atoms with van der Waals surface area (Å²) in [6.45, 7) is 0. The van der Waals surface area contributed by atoms with E-state index in [1.54, 1.807) is 11.3 Å². The Kier molecular flexibility index (Phi) is 3.51. The van der Waals surface area contributed by atoms with Crippen molar-refractivity contribution in [2.45, 2.75) is 31.6 Å². The molecule has 4 heteroatoms. The first-order valence-electron chi connectivity index (χ1n) is 6.73. The summed E-state index contributed by atoms with van der Waals surface area (Å²) >= 11 is 1.72. The van der Waals surface area contributed by atoms with Crippen LogP contribution in [-0.2, 0) is 9.53 Å². The molecule has 100 valence electrons. The topological polar surface area (TPSA) is 39.2 Å². The lowest BCUT2D eigenvalue weighted by molar-refractivity contribution is -0.147. The van der Waals surface area contributed by atoms with Crippen LogP contribution in [0.15, 0.2) is 24.3 Å². The van der Waals surface area contributed by atoms with E-state index in [0.717, 1.165) is 29.8 Å². The Morgan fingerprint density at radius 3 is 2.89 bits per heavy atom. The summed E-state index contributed by atoms with van der Waals surface area (Å²) in [5.74, 6) is 0.141. The van der Waals surface area contributed by atoms with E-state index in [4.69, 9.17) is 9.72 Å². The largest absolute Gasteiger partial charge is 0.469 e. The van der Waals surface area contributed by atoms with Crippen molar-refractivity contribution in [3.05, 3.63) is 29.3 Å². The molecule has 1 aromatic carbocycles. The van der Waals surface area contributed by atoms with E-state index in [1.807, 2.05) is 18.2 Å². The van der Waals surface area contributed by atoms with Crippen LogP contribution in [-0.4, -0.2) is 18.1 Å². The molecule has 3 rings (SSSR count). The lowest BCUT2D eigenvalue weighted by atomic mass is 9.79. The molecule has 1 aliphatic carbocycles. The van der Waals surface area contributed by atoms with E-state index in [0.29, 0.717) is 0 Å². The minimum absolute atomic E-state index is 0.0145. The molecule has 3 nitrogen and oxygen atoms in total. The minimum atomic E-state index is -0.0797. The summed E-state index contributed by atoms with van der Waals surface area (Å²) in [7, 11) is 1.48. The number of benzene rings is 1. The molecular formula is C15H17NO2S. The van der Waals surface area contributed by atoms with E-state index < -0.39 is 0 Å². The summed E-state index contributed by atoms with van der Waals surface area (Å²) in [5.41, 5.74) is 1.04. The lowest BCUT2D eigenvalue weighted by Gasteiger charge is -2.27. The molecular weight excluding hydrogens is 258 g/mol. The highest BCUT2D eigenvalue weighted by Gasteiger charge is 2.34. The quantitative estimate of drug-likeness (QED) is 0.784. The molecule has 0 aliphatic heterocycles. The molecule has 0 amide bonds. The van der Waals surface area contributed by atoms with Crippen LogP contribution in [0.25, 0.3) is 10.2 Å². The van der Waals surface area contributed by atoms with Gasteiger partial charge in [-0.3, -0.25) is 4.79 Å². The van der Waals surface area contributed by atoms with E-state index in [-0.39, 0.29) is 17.8 Å². The Morgan fingerprint density at radius 2 is 2.11 bits per heavy atom. The summed E-state index contributed by atoms with van der Waals surface area (Å²) < 4.78 is 6.15. The zero-order chi connectivity index (χ0) is 13.2. The average Bonchev–Trinajstić information content (AvgIpc) is 2.90. The lowest BCUT2D eigenvalue weighted by Crippen LogP contribution is -2.26. The first kappa shape index (κ1) is 12.6. The maximum absolute atomic E-state index is 11.9. The number of aromatic nitrogens is 1. The van der Waals surface area contributed by atoms with Gasteiger partial charge in [-0.15, -0.1) is 11.3 Å². The zero-order valence-corrected chi connectivity index (χ0v) is 11.8. The van der Waals surface area contributed by atoms with Crippen molar-refractivity contribution in [3.63, 3.8) is 0 Å². The number of carbonyl (C=O) groups is 1. The monoisotopic (exact) mass is 275 g/mol. The van der Waals surface area contributed by atoms with Gasteiger partial charge in [-0.25, -0.2) is 4.98 Å².